The van der Waals surface area contributed by atoms with Gasteiger partial charge in [-0.15, -0.1) is 0 Å². The average Bonchev–Trinajstić information content (AvgIpc) is 2.31. The summed E-state index contributed by atoms with van der Waals surface area (Å²) in [4.78, 5) is 6.16. The van der Waals surface area contributed by atoms with Crippen LogP contribution in [0.15, 0.2) is 12.1 Å². The third-order valence-electron chi connectivity index (χ3n) is 2.49. The van der Waals surface area contributed by atoms with Gasteiger partial charge < -0.3 is 0 Å². The van der Waals surface area contributed by atoms with Gasteiger partial charge in [-0.1, -0.05) is 36.2 Å². The molecule has 0 N–H and O–H groups in total. The fraction of sp³-hybridized carbons (Fsp3) is 0.500. The number of nitrogens with zero attached hydrogens (tertiary/aromatic N) is 3. The SMILES string of the molecule is CCN(Cc1ccc(Cl)nc1Cl)CC(C)C#N. The molecule has 1 aromatic rings. The molecule has 1 unspecified atom stereocenters. The minimum absolute atomic E-state index is 0.00832. The van der Waals surface area contributed by atoms with E-state index in [-0.39, 0.29) is 5.92 Å². The van der Waals surface area contributed by atoms with Gasteiger partial charge in [-0.05, 0) is 19.5 Å². The quantitative estimate of drug-likeness (QED) is 0.771. The van der Waals surface area contributed by atoms with E-state index in [0.717, 1.165) is 18.7 Å². The van der Waals surface area contributed by atoms with Crippen molar-refractivity contribution in [2.75, 3.05) is 13.1 Å². The van der Waals surface area contributed by atoms with Crippen LogP contribution in [0.2, 0.25) is 10.3 Å². The highest BCUT2D eigenvalue weighted by Crippen LogP contribution is 2.18. The van der Waals surface area contributed by atoms with Gasteiger partial charge in [0.2, 0.25) is 0 Å². The van der Waals surface area contributed by atoms with Gasteiger partial charge >= 0.3 is 0 Å². The first-order chi connectivity index (χ1) is 8.06. The molecule has 1 atom stereocenters. The Balaban J connectivity index is 2.71. The number of nitriles is 1. The lowest BCUT2D eigenvalue weighted by molar-refractivity contribution is 0.260. The summed E-state index contributed by atoms with van der Waals surface area (Å²) in [6, 6.07) is 5.83. The molecule has 1 aromatic heterocycles. The Kier molecular flexibility index (Phi) is 5.70. The van der Waals surface area contributed by atoms with E-state index in [1.807, 2.05) is 13.0 Å². The smallest absolute Gasteiger partial charge is 0.135 e. The molecule has 1 rings (SSSR count). The summed E-state index contributed by atoms with van der Waals surface area (Å²) in [5.41, 5.74) is 0.933. The van der Waals surface area contributed by atoms with E-state index in [1.165, 1.54) is 0 Å². The molecule has 0 spiro atoms. The van der Waals surface area contributed by atoms with E-state index in [4.69, 9.17) is 28.5 Å². The minimum Gasteiger partial charge on any atom is -0.298 e. The van der Waals surface area contributed by atoms with Gasteiger partial charge in [-0.2, -0.15) is 5.26 Å². The van der Waals surface area contributed by atoms with Crippen LogP contribution in [0.5, 0.6) is 0 Å². The van der Waals surface area contributed by atoms with Crippen LogP contribution in [0.4, 0.5) is 0 Å². The van der Waals surface area contributed by atoms with Crippen molar-refractivity contribution in [1.82, 2.24) is 9.88 Å². The molecule has 0 amide bonds. The van der Waals surface area contributed by atoms with E-state index in [1.54, 1.807) is 6.07 Å². The predicted molar refractivity (Wildman–Crippen MR) is 70.0 cm³/mol. The Morgan fingerprint density at radius 3 is 2.71 bits per heavy atom. The van der Waals surface area contributed by atoms with Crippen molar-refractivity contribution in [3.05, 3.63) is 28.0 Å². The van der Waals surface area contributed by atoms with Crippen molar-refractivity contribution in [2.24, 2.45) is 5.92 Å². The molecule has 17 heavy (non-hydrogen) atoms. The first-order valence-corrected chi connectivity index (χ1v) is 6.25. The average molecular weight is 272 g/mol. The Morgan fingerprint density at radius 2 is 2.18 bits per heavy atom. The Labute approximate surface area is 112 Å². The molecule has 3 nitrogen and oxygen atoms in total. The van der Waals surface area contributed by atoms with Crippen LogP contribution in [0.3, 0.4) is 0 Å². The molecule has 0 aliphatic rings. The summed E-state index contributed by atoms with van der Waals surface area (Å²) in [6.07, 6.45) is 0. The summed E-state index contributed by atoms with van der Waals surface area (Å²) in [5.74, 6) is 0.00832. The molecule has 1 heterocycles. The van der Waals surface area contributed by atoms with Crippen LogP contribution in [0, 0.1) is 17.2 Å². The van der Waals surface area contributed by atoms with E-state index < -0.39 is 0 Å². The molecule has 0 bridgehead atoms. The molecule has 0 aromatic carbocycles. The van der Waals surface area contributed by atoms with Crippen molar-refractivity contribution in [2.45, 2.75) is 20.4 Å². The van der Waals surface area contributed by atoms with Crippen molar-refractivity contribution in [3.8, 4) is 6.07 Å². The fourth-order valence-corrected chi connectivity index (χ4v) is 1.94. The number of rotatable bonds is 5. The van der Waals surface area contributed by atoms with Crippen LogP contribution in [0.25, 0.3) is 0 Å². The molecule has 0 aliphatic heterocycles. The lowest BCUT2D eigenvalue weighted by atomic mass is 10.2. The maximum absolute atomic E-state index is 8.80. The molecular formula is C12H15Cl2N3. The molecule has 0 fully saturated rings. The lowest BCUT2D eigenvalue weighted by Gasteiger charge is -2.21. The van der Waals surface area contributed by atoms with Crippen LogP contribution < -0.4 is 0 Å². The number of pyridine rings is 1. The topological polar surface area (TPSA) is 39.9 Å². The van der Waals surface area contributed by atoms with Gasteiger partial charge in [0.15, 0.2) is 0 Å². The van der Waals surface area contributed by atoms with Gasteiger partial charge in [0, 0.05) is 18.7 Å². The monoisotopic (exact) mass is 271 g/mol. The van der Waals surface area contributed by atoms with Crippen molar-refractivity contribution < 1.29 is 0 Å². The summed E-state index contributed by atoms with van der Waals surface area (Å²) >= 11 is 11.8. The zero-order valence-electron chi connectivity index (χ0n) is 9.95. The minimum atomic E-state index is 0.00832. The van der Waals surface area contributed by atoms with E-state index in [2.05, 4.69) is 22.9 Å². The maximum Gasteiger partial charge on any atom is 0.135 e. The van der Waals surface area contributed by atoms with Gasteiger partial charge in [-0.25, -0.2) is 4.98 Å². The third-order valence-corrected chi connectivity index (χ3v) is 3.02. The first kappa shape index (κ1) is 14.2. The van der Waals surface area contributed by atoms with Crippen LogP contribution in [0.1, 0.15) is 19.4 Å². The zero-order chi connectivity index (χ0) is 12.8. The normalized spacial score (nSPS) is 12.5. The third kappa shape index (κ3) is 4.51. The van der Waals surface area contributed by atoms with Gasteiger partial charge in [0.25, 0.3) is 0 Å². The van der Waals surface area contributed by atoms with E-state index in [0.29, 0.717) is 16.9 Å². The molecule has 0 saturated heterocycles. The summed E-state index contributed by atoms with van der Waals surface area (Å²) in [7, 11) is 0. The van der Waals surface area contributed by atoms with Crippen molar-refractivity contribution in [3.63, 3.8) is 0 Å². The van der Waals surface area contributed by atoms with Crippen LogP contribution >= 0.6 is 23.2 Å². The van der Waals surface area contributed by atoms with Gasteiger partial charge in [0.05, 0.1) is 12.0 Å². The predicted octanol–water partition coefficient (Wildman–Crippen LogP) is 3.37. The number of halogens is 2. The zero-order valence-corrected chi connectivity index (χ0v) is 11.5. The molecule has 5 heteroatoms. The Morgan fingerprint density at radius 1 is 1.47 bits per heavy atom. The highest BCUT2D eigenvalue weighted by Gasteiger charge is 2.11. The molecule has 0 radical (unpaired) electrons. The second-order valence-corrected chi connectivity index (χ2v) is 4.69. The molecule has 0 aliphatic carbocycles. The number of hydrogen-bond acceptors (Lipinski definition) is 3. The van der Waals surface area contributed by atoms with E-state index >= 15 is 0 Å². The van der Waals surface area contributed by atoms with Crippen molar-refractivity contribution >= 4 is 23.2 Å². The van der Waals surface area contributed by atoms with E-state index in [9.17, 15) is 0 Å². The number of aromatic nitrogens is 1. The maximum atomic E-state index is 8.80. The molecule has 92 valence electrons. The standard InChI is InChI=1S/C12H15Cl2N3/c1-3-17(7-9(2)6-15)8-10-4-5-11(13)16-12(10)14/h4-5,9H,3,7-8H2,1-2H3. The highest BCUT2D eigenvalue weighted by atomic mass is 35.5. The highest BCUT2D eigenvalue weighted by molar-refractivity contribution is 6.32. The second-order valence-electron chi connectivity index (χ2n) is 3.94. The largest absolute Gasteiger partial charge is 0.298 e. The Hall–Kier alpha value is -0.820. The second kappa shape index (κ2) is 6.80. The summed E-state index contributed by atoms with van der Waals surface area (Å²) in [6.45, 7) is 6.24. The van der Waals surface area contributed by atoms with Gasteiger partial charge in [-0.3, -0.25) is 4.90 Å². The Bertz CT molecular complexity index is 415. The van der Waals surface area contributed by atoms with Crippen LogP contribution in [-0.4, -0.2) is 23.0 Å². The number of hydrogen-bond donors (Lipinski definition) is 0. The van der Waals surface area contributed by atoms with Crippen molar-refractivity contribution in [1.29, 1.82) is 5.26 Å². The molecule has 0 saturated carbocycles. The summed E-state index contributed by atoms with van der Waals surface area (Å²) in [5, 5.41) is 9.63. The van der Waals surface area contributed by atoms with Gasteiger partial charge in [0.1, 0.15) is 10.3 Å². The first-order valence-electron chi connectivity index (χ1n) is 5.49. The molecular weight excluding hydrogens is 257 g/mol. The summed E-state index contributed by atoms with van der Waals surface area (Å²) < 4.78 is 0. The van der Waals surface area contributed by atoms with Crippen LogP contribution in [-0.2, 0) is 6.54 Å². The fourth-order valence-electron chi connectivity index (χ4n) is 1.53. The lowest BCUT2D eigenvalue weighted by Crippen LogP contribution is -2.27.